The zero-order valence-corrected chi connectivity index (χ0v) is 11.7. The van der Waals surface area contributed by atoms with Crippen LogP contribution in [0.25, 0.3) is 10.8 Å². The van der Waals surface area contributed by atoms with E-state index in [0.717, 1.165) is 29.2 Å². The average molecular weight is 278 g/mol. The summed E-state index contributed by atoms with van der Waals surface area (Å²) < 4.78 is 5.81. The second-order valence-electron chi connectivity index (χ2n) is 5.57. The molecule has 2 N–H and O–H groups in total. The lowest BCUT2D eigenvalue weighted by atomic mass is 9.93. The Morgan fingerprint density at radius 1 is 1.26 bits per heavy atom. The van der Waals surface area contributed by atoms with Gasteiger partial charge in [-0.25, -0.2) is 9.97 Å². The van der Waals surface area contributed by atoms with Crippen molar-refractivity contribution in [3.05, 3.63) is 29.2 Å². The molecule has 2 heterocycles. The summed E-state index contributed by atoms with van der Waals surface area (Å²) in [6, 6.07) is 1.82. The third-order valence-corrected chi connectivity index (χ3v) is 3.41. The van der Waals surface area contributed by atoms with Crippen molar-refractivity contribution in [2.75, 3.05) is 0 Å². The molecule has 5 heteroatoms. The van der Waals surface area contributed by atoms with Crippen LogP contribution >= 0.6 is 11.6 Å². The third-order valence-electron chi connectivity index (χ3n) is 3.20. The highest BCUT2D eigenvalue weighted by Gasteiger charge is 2.26. The summed E-state index contributed by atoms with van der Waals surface area (Å²) in [7, 11) is 0. The van der Waals surface area contributed by atoms with E-state index >= 15 is 0 Å². The molecule has 0 aliphatic heterocycles. The molecule has 1 fully saturated rings. The Hall–Kier alpha value is -1.39. The van der Waals surface area contributed by atoms with Gasteiger partial charge in [0.15, 0.2) is 0 Å². The summed E-state index contributed by atoms with van der Waals surface area (Å²) in [5, 5.41) is 2.27. The van der Waals surface area contributed by atoms with Gasteiger partial charge in [-0.1, -0.05) is 11.6 Å². The first-order valence-electron chi connectivity index (χ1n) is 6.35. The molecule has 4 nitrogen and oxygen atoms in total. The van der Waals surface area contributed by atoms with E-state index < -0.39 is 5.54 Å². The molecular weight excluding hydrogens is 262 g/mol. The van der Waals surface area contributed by atoms with Crippen LogP contribution in [-0.4, -0.2) is 16.1 Å². The lowest BCUT2D eigenvalue weighted by Crippen LogP contribution is -2.29. The quantitative estimate of drug-likeness (QED) is 0.876. The van der Waals surface area contributed by atoms with Gasteiger partial charge in [-0.2, -0.15) is 0 Å². The van der Waals surface area contributed by atoms with Gasteiger partial charge in [0.25, 0.3) is 0 Å². The second kappa shape index (κ2) is 4.32. The number of hydrogen-bond acceptors (Lipinski definition) is 4. The minimum absolute atomic E-state index is 0.295. The molecule has 0 amide bonds. The molecule has 0 radical (unpaired) electrons. The highest BCUT2D eigenvalue weighted by molar-refractivity contribution is 6.30. The summed E-state index contributed by atoms with van der Waals surface area (Å²) >= 11 is 6.00. The number of ether oxygens (including phenoxy) is 1. The molecule has 1 aliphatic carbocycles. The average Bonchev–Trinajstić information content (AvgIpc) is 3.11. The highest BCUT2D eigenvalue weighted by Crippen LogP contribution is 2.34. The van der Waals surface area contributed by atoms with Crippen LogP contribution in [0.1, 0.15) is 32.3 Å². The van der Waals surface area contributed by atoms with E-state index in [1.54, 1.807) is 12.4 Å². The van der Waals surface area contributed by atoms with Crippen LogP contribution in [0.4, 0.5) is 0 Å². The van der Waals surface area contributed by atoms with Crippen LogP contribution in [0.5, 0.6) is 5.88 Å². The molecule has 0 atom stereocenters. The molecule has 1 aliphatic rings. The number of pyridine rings is 2. The van der Waals surface area contributed by atoms with Crippen LogP contribution in [0.2, 0.25) is 5.15 Å². The number of rotatable bonds is 3. The maximum absolute atomic E-state index is 6.19. The minimum atomic E-state index is -0.492. The first-order chi connectivity index (χ1) is 8.95. The normalized spacial score (nSPS) is 15.8. The van der Waals surface area contributed by atoms with E-state index in [1.165, 1.54) is 0 Å². The zero-order valence-electron chi connectivity index (χ0n) is 11.0. The van der Waals surface area contributed by atoms with Gasteiger partial charge < -0.3 is 10.5 Å². The summed E-state index contributed by atoms with van der Waals surface area (Å²) in [6.07, 6.45) is 5.96. The lowest BCUT2D eigenvalue weighted by molar-refractivity contribution is 0.295. The first kappa shape index (κ1) is 12.6. The van der Waals surface area contributed by atoms with Crippen LogP contribution < -0.4 is 10.5 Å². The van der Waals surface area contributed by atoms with Crippen molar-refractivity contribution in [3.8, 4) is 5.88 Å². The van der Waals surface area contributed by atoms with E-state index in [1.807, 2.05) is 19.9 Å². The standard InChI is InChI=1S/C14H16ClN3O/c1-14(2,16)11-7-18-13(19-8-3-4-8)10-6-17-12(15)5-9(10)11/h5-8H,3-4,16H2,1-2H3. The van der Waals surface area contributed by atoms with Crippen molar-refractivity contribution in [3.63, 3.8) is 0 Å². The Labute approximate surface area is 116 Å². The Kier molecular flexibility index (Phi) is 2.87. The summed E-state index contributed by atoms with van der Waals surface area (Å²) in [4.78, 5) is 8.52. The fourth-order valence-corrected chi connectivity index (χ4v) is 2.19. The van der Waals surface area contributed by atoms with E-state index in [0.29, 0.717) is 17.1 Å². The van der Waals surface area contributed by atoms with Gasteiger partial charge in [-0.05, 0) is 43.7 Å². The number of halogens is 1. The van der Waals surface area contributed by atoms with Crippen molar-refractivity contribution in [1.82, 2.24) is 9.97 Å². The number of hydrogen-bond donors (Lipinski definition) is 1. The van der Waals surface area contributed by atoms with E-state index in [-0.39, 0.29) is 0 Å². The largest absolute Gasteiger partial charge is 0.474 e. The maximum Gasteiger partial charge on any atom is 0.223 e. The molecule has 2 aromatic rings. The number of nitrogens with zero attached hydrogens (tertiary/aromatic N) is 2. The number of nitrogens with two attached hydrogens (primary N) is 1. The van der Waals surface area contributed by atoms with Crippen molar-refractivity contribution in [2.24, 2.45) is 5.73 Å². The van der Waals surface area contributed by atoms with E-state index in [9.17, 15) is 0 Å². The van der Waals surface area contributed by atoms with E-state index in [2.05, 4.69) is 9.97 Å². The van der Waals surface area contributed by atoms with Gasteiger partial charge >= 0.3 is 0 Å². The topological polar surface area (TPSA) is 61.0 Å². The van der Waals surface area contributed by atoms with Crippen molar-refractivity contribution >= 4 is 22.4 Å². The monoisotopic (exact) mass is 277 g/mol. The smallest absolute Gasteiger partial charge is 0.223 e. The highest BCUT2D eigenvalue weighted by atomic mass is 35.5. The Balaban J connectivity index is 2.21. The van der Waals surface area contributed by atoms with E-state index in [4.69, 9.17) is 22.1 Å². The molecule has 3 rings (SSSR count). The molecule has 2 aromatic heterocycles. The second-order valence-corrected chi connectivity index (χ2v) is 5.96. The van der Waals surface area contributed by atoms with Crippen molar-refractivity contribution in [2.45, 2.75) is 38.3 Å². The predicted octanol–water partition coefficient (Wildman–Crippen LogP) is 3.02. The summed E-state index contributed by atoms with van der Waals surface area (Å²) in [5.41, 5.74) is 6.64. The SMILES string of the molecule is CC(C)(N)c1cnc(OC2CC2)c2cnc(Cl)cc12. The predicted molar refractivity (Wildman–Crippen MR) is 75.4 cm³/mol. The Morgan fingerprint density at radius 3 is 2.63 bits per heavy atom. The Morgan fingerprint density at radius 2 is 2.00 bits per heavy atom. The molecule has 100 valence electrons. The third kappa shape index (κ3) is 2.51. The fraction of sp³-hybridized carbons (Fsp3) is 0.429. The van der Waals surface area contributed by atoms with Gasteiger partial charge in [0.2, 0.25) is 5.88 Å². The number of aromatic nitrogens is 2. The van der Waals surface area contributed by atoms with Crippen LogP contribution in [0.15, 0.2) is 18.5 Å². The van der Waals surface area contributed by atoms with Crippen LogP contribution in [0.3, 0.4) is 0 Å². The molecule has 0 aromatic carbocycles. The van der Waals surface area contributed by atoms with Gasteiger partial charge in [-0.15, -0.1) is 0 Å². The lowest BCUT2D eigenvalue weighted by Gasteiger charge is -2.21. The molecule has 0 saturated heterocycles. The molecule has 1 saturated carbocycles. The Bertz CT molecular complexity index is 632. The van der Waals surface area contributed by atoms with Crippen molar-refractivity contribution < 1.29 is 4.74 Å². The fourth-order valence-electron chi connectivity index (χ4n) is 2.04. The van der Waals surface area contributed by atoms with Gasteiger partial charge in [0.05, 0.1) is 5.39 Å². The maximum atomic E-state index is 6.19. The molecule has 19 heavy (non-hydrogen) atoms. The first-order valence-corrected chi connectivity index (χ1v) is 6.73. The summed E-state index contributed by atoms with van der Waals surface area (Å²) in [6.45, 7) is 3.89. The van der Waals surface area contributed by atoms with Crippen LogP contribution in [-0.2, 0) is 5.54 Å². The van der Waals surface area contributed by atoms with Gasteiger partial charge in [0, 0.05) is 17.9 Å². The summed E-state index contributed by atoms with van der Waals surface area (Å²) in [5.74, 6) is 0.620. The molecule has 0 bridgehead atoms. The minimum Gasteiger partial charge on any atom is -0.474 e. The van der Waals surface area contributed by atoms with Gasteiger partial charge in [0.1, 0.15) is 11.3 Å². The zero-order chi connectivity index (χ0) is 13.6. The molecule has 0 unspecified atom stereocenters. The van der Waals surface area contributed by atoms with Gasteiger partial charge in [-0.3, -0.25) is 0 Å². The van der Waals surface area contributed by atoms with Crippen molar-refractivity contribution in [1.29, 1.82) is 0 Å². The molecule has 0 spiro atoms. The number of fused-ring (bicyclic) bond motifs is 1. The van der Waals surface area contributed by atoms with Crippen LogP contribution in [0, 0.1) is 0 Å². The molecular formula is C14H16ClN3O.